The van der Waals surface area contributed by atoms with Crippen molar-refractivity contribution in [1.29, 1.82) is 0 Å². The van der Waals surface area contributed by atoms with Crippen LogP contribution >= 0.6 is 23.8 Å². The zero-order valence-corrected chi connectivity index (χ0v) is 17.1. The van der Waals surface area contributed by atoms with Gasteiger partial charge in [0, 0.05) is 16.8 Å². The molecule has 0 bridgehead atoms. The zero-order chi connectivity index (χ0) is 19.2. The Balaban J connectivity index is 1.83. The number of nitrogens with one attached hydrogen (secondary N) is 1. The molecule has 1 N–H and O–H groups in total. The van der Waals surface area contributed by atoms with Crippen molar-refractivity contribution < 1.29 is 9.13 Å². The van der Waals surface area contributed by atoms with Crippen LogP contribution in [0.4, 0.5) is 10.1 Å². The molecule has 4 rings (SSSR count). The van der Waals surface area contributed by atoms with Gasteiger partial charge in [0.1, 0.15) is 16.2 Å². The second-order valence-electron chi connectivity index (χ2n) is 7.15. The van der Waals surface area contributed by atoms with E-state index in [9.17, 15) is 4.39 Å². The maximum absolute atomic E-state index is 13.2. The van der Waals surface area contributed by atoms with Gasteiger partial charge in [-0.1, -0.05) is 35.9 Å². The summed E-state index contributed by atoms with van der Waals surface area (Å²) in [7, 11) is 0. The third-order valence-electron chi connectivity index (χ3n) is 4.69. The zero-order valence-electron chi connectivity index (χ0n) is 15.5. The van der Waals surface area contributed by atoms with Crippen LogP contribution in [0.2, 0.25) is 0 Å². The van der Waals surface area contributed by atoms with Crippen LogP contribution in [-0.4, -0.2) is 10.6 Å². The highest BCUT2D eigenvalue weighted by atomic mass is 32.1. The van der Waals surface area contributed by atoms with Gasteiger partial charge in [0.05, 0.1) is 23.6 Å². The minimum absolute atomic E-state index is 0.220. The Kier molecular flexibility index (Phi) is 4.56. The Hall–Kier alpha value is -2.18. The molecule has 2 heterocycles. The molecule has 0 radical (unpaired) electrons. The average Bonchev–Trinajstić information content (AvgIpc) is 2.96. The van der Waals surface area contributed by atoms with Crippen LogP contribution in [0.25, 0.3) is 11.1 Å². The van der Waals surface area contributed by atoms with Gasteiger partial charge in [0.25, 0.3) is 0 Å². The number of nitrogens with zero attached hydrogens (tertiary/aromatic N) is 1. The summed E-state index contributed by atoms with van der Waals surface area (Å²) < 4.78 is 21.8. The minimum atomic E-state index is -0.226. The molecule has 1 aromatic heterocycles. The van der Waals surface area contributed by atoms with Gasteiger partial charge in [-0.2, -0.15) is 0 Å². The lowest BCUT2D eigenvalue weighted by atomic mass is 9.90. The van der Waals surface area contributed by atoms with E-state index < -0.39 is 0 Å². The molecule has 0 spiro atoms. The van der Waals surface area contributed by atoms with E-state index in [-0.39, 0.29) is 11.4 Å². The van der Waals surface area contributed by atoms with Crippen LogP contribution in [0.5, 0.6) is 5.75 Å². The third-order valence-corrected chi connectivity index (χ3v) is 6.66. The second-order valence-corrected chi connectivity index (χ2v) is 8.57. The normalized spacial score (nSPS) is 14.2. The third kappa shape index (κ3) is 3.28. The molecule has 0 fully saturated rings. The van der Waals surface area contributed by atoms with E-state index in [2.05, 4.69) is 35.3 Å². The van der Waals surface area contributed by atoms with Crippen LogP contribution in [0.15, 0.2) is 42.5 Å². The fraction of sp³-hybridized carbons (Fsp3) is 0.286. The van der Waals surface area contributed by atoms with Gasteiger partial charge in [-0.25, -0.2) is 4.39 Å². The molecular weight excluding hydrogens is 379 g/mol. The van der Waals surface area contributed by atoms with E-state index in [0.717, 1.165) is 32.8 Å². The maximum Gasteiger partial charge on any atom is 0.124 e. The predicted molar refractivity (Wildman–Crippen MR) is 112 cm³/mol. The van der Waals surface area contributed by atoms with Gasteiger partial charge >= 0.3 is 0 Å². The van der Waals surface area contributed by atoms with Gasteiger partial charge in [-0.3, -0.25) is 3.96 Å². The highest BCUT2D eigenvalue weighted by Crippen LogP contribution is 2.47. The van der Waals surface area contributed by atoms with Crippen molar-refractivity contribution in [1.82, 2.24) is 3.96 Å². The van der Waals surface area contributed by atoms with E-state index >= 15 is 0 Å². The van der Waals surface area contributed by atoms with E-state index in [1.165, 1.54) is 17.0 Å². The fourth-order valence-corrected chi connectivity index (χ4v) is 5.07. The van der Waals surface area contributed by atoms with Crippen molar-refractivity contribution in [2.24, 2.45) is 0 Å². The largest absolute Gasteiger partial charge is 0.494 e. The number of hydrogen-bond donors (Lipinski definition) is 1. The van der Waals surface area contributed by atoms with Crippen molar-refractivity contribution in [3.63, 3.8) is 0 Å². The molecular formula is C21H21FN2OS2. The summed E-state index contributed by atoms with van der Waals surface area (Å²) in [4.78, 5) is 1.20. The number of hydrogen-bond acceptors (Lipinski definition) is 4. The summed E-state index contributed by atoms with van der Waals surface area (Å²) in [5.74, 6) is 0.616. The molecule has 0 aliphatic carbocycles. The fourth-order valence-electron chi connectivity index (χ4n) is 3.43. The molecule has 3 nitrogen and oxygen atoms in total. The van der Waals surface area contributed by atoms with Crippen LogP contribution in [0, 0.1) is 10.5 Å². The topological polar surface area (TPSA) is 26.2 Å². The van der Waals surface area contributed by atoms with Crippen LogP contribution < -0.4 is 10.1 Å². The first-order valence-electron chi connectivity index (χ1n) is 8.93. The summed E-state index contributed by atoms with van der Waals surface area (Å²) in [6.07, 6.45) is 0. The Morgan fingerprint density at radius 1 is 1.19 bits per heavy atom. The molecule has 0 atom stereocenters. The lowest BCUT2D eigenvalue weighted by Crippen LogP contribution is -2.30. The summed E-state index contributed by atoms with van der Waals surface area (Å²) >= 11 is 7.52. The molecule has 0 amide bonds. The summed E-state index contributed by atoms with van der Waals surface area (Å²) in [5.41, 5.74) is 4.04. The van der Waals surface area contributed by atoms with Crippen LogP contribution in [0.1, 0.15) is 31.2 Å². The smallest absolute Gasteiger partial charge is 0.124 e. The Bertz CT molecular complexity index is 1050. The monoisotopic (exact) mass is 400 g/mol. The number of anilines is 1. The van der Waals surface area contributed by atoms with Crippen molar-refractivity contribution in [2.75, 3.05) is 11.9 Å². The standard InChI is InChI=1S/C21H21FN2OS2/c1-4-25-15-9-10-17-16(11-15)18-19(21(2,3)23-17)27-24(20(18)26)12-13-5-7-14(22)8-6-13/h5-11,23H,4,12H2,1-3H3. The number of halogens is 1. The van der Waals surface area contributed by atoms with E-state index in [0.29, 0.717) is 13.2 Å². The number of fused-ring (bicyclic) bond motifs is 3. The first kappa shape index (κ1) is 18.2. The molecule has 1 aliphatic rings. The van der Waals surface area contributed by atoms with Crippen molar-refractivity contribution >= 4 is 29.4 Å². The summed E-state index contributed by atoms with van der Waals surface area (Å²) in [6.45, 7) is 7.57. The van der Waals surface area contributed by atoms with Gasteiger partial charge in [0.2, 0.25) is 0 Å². The highest BCUT2D eigenvalue weighted by molar-refractivity contribution is 7.71. The van der Waals surface area contributed by atoms with Gasteiger partial charge in [-0.15, -0.1) is 0 Å². The summed E-state index contributed by atoms with van der Waals surface area (Å²) in [5, 5.41) is 3.62. The maximum atomic E-state index is 13.2. The quantitative estimate of drug-likeness (QED) is 0.529. The van der Waals surface area contributed by atoms with E-state index in [1.807, 2.05) is 13.0 Å². The molecule has 0 saturated carbocycles. The second kappa shape index (κ2) is 6.77. The number of ether oxygens (including phenoxy) is 1. The average molecular weight is 401 g/mol. The predicted octanol–water partition coefficient (Wildman–Crippen LogP) is 6.19. The molecule has 3 aromatic rings. The lowest BCUT2D eigenvalue weighted by Gasteiger charge is -2.33. The first-order chi connectivity index (χ1) is 12.9. The Morgan fingerprint density at radius 2 is 1.93 bits per heavy atom. The molecule has 27 heavy (non-hydrogen) atoms. The SMILES string of the molecule is CCOc1ccc2c(c1)-c1c(sn(Cc3ccc(F)cc3)c1=S)C(C)(C)N2. The molecule has 0 unspecified atom stereocenters. The Labute approximate surface area is 167 Å². The molecule has 2 aromatic carbocycles. The van der Waals surface area contributed by atoms with Crippen LogP contribution in [0.3, 0.4) is 0 Å². The number of benzene rings is 2. The number of aromatic nitrogens is 1. The van der Waals surface area contributed by atoms with Crippen molar-refractivity contribution in [2.45, 2.75) is 32.9 Å². The molecule has 140 valence electrons. The first-order valence-corrected chi connectivity index (χ1v) is 10.1. The Morgan fingerprint density at radius 3 is 2.63 bits per heavy atom. The molecule has 6 heteroatoms. The minimum Gasteiger partial charge on any atom is -0.494 e. The highest BCUT2D eigenvalue weighted by Gasteiger charge is 2.34. The van der Waals surface area contributed by atoms with Crippen molar-refractivity contribution in [3.8, 4) is 16.9 Å². The van der Waals surface area contributed by atoms with Gasteiger partial charge in [0.15, 0.2) is 0 Å². The molecule has 0 saturated heterocycles. The number of rotatable bonds is 4. The summed E-state index contributed by atoms with van der Waals surface area (Å²) in [6, 6.07) is 12.7. The van der Waals surface area contributed by atoms with Gasteiger partial charge in [-0.05, 0) is 56.7 Å². The van der Waals surface area contributed by atoms with Crippen molar-refractivity contribution in [3.05, 3.63) is 63.4 Å². The van der Waals surface area contributed by atoms with E-state index in [1.54, 1.807) is 23.7 Å². The van der Waals surface area contributed by atoms with E-state index in [4.69, 9.17) is 17.0 Å². The lowest BCUT2D eigenvalue weighted by molar-refractivity contribution is 0.340. The van der Waals surface area contributed by atoms with Gasteiger partial charge < -0.3 is 10.1 Å². The molecule has 1 aliphatic heterocycles. The van der Waals surface area contributed by atoms with Crippen LogP contribution in [-0.2, 0) is 12.1 Å².